The molecule has 0 aromatic carbocycles. The lowest BCUT2D eigenvalue weighted by Crippen LogP contribution is -2.36. The molecule has 0 saturated carbocycles. The molecule has 0 radical (unpaired) electrons. The molecule has 17 heavy (non-hydrogen) atoms. The van der Waals surface area contributed by atoms with Crippen LogP contribution < -0.4 is 11.1 Å². The number of anilines is 1. The van der Waals surface area contributed by atoms with E-state index < -0.39 is 0 Å². The van der Waals surface area contributed by atoms with Gasteiger partial charge in [0.2, 0.25) is 0 Å². The first-order valence-electron chi connectivity index (χ1n) is 5.82. The molecule has 1 aromatic heterocycles. The summed E-state index contributed by atoms with van der Waals surface area (Å²) in [6, 6.07) is 1.83. The number of aromatic nitrogens is 1. The van der Waals surface area contributed by atoms with Gasteiger partial charge in [-0.1, -0.05) is 25.4 Å². The van der Waals surface area contributed by atoms with Crippen LogP contribution in [0.2, 0.25) is 5.02 Å². The minimum atomic E-state index is 0.140. The van der Waals surface area contributed by atoms with E-state index in [-0.39, 0.29) is 5.41 Å². The molecule has 0 spiro atoms. The van der Waals surface area contributed by atoms with Crippen molar-refractivity contribution in [3.63, 3.8) is 0 Å². The van der Waals surface area contributed by atoms with E-state index in [1.54, 1.807) is 6.20 Å². The predicted molar refractivity (Wildman–Crippen MR) is 77.5 cm³/mol. The maximum Gasteiger partial charge on any atom is 0.140 e. The molecular weight excluding hydrogens is 302 g/mol. The van der Waals surface area contributed by atoms with Gasteiger partial charge in [0.1, 0.15) is 5.82 Å². The Kier molecular flexibility index (Phi) is 5.70. The van der Waals surface area contributed by atoms with Gasteiger partial charge in [-0.2, -0.15) is 0 Å². The zero-order valence-corrected chi connectivity index (χ0v) is 12.6. The Bertz CT molecular complexity index is 359. The number of pyridine rings is 1. The molecule has 5 heteroatoms. The third-order valence-electron chi connectivity index (χ3n) is 3.37. The molecule has 0 aliphatic carbocycles. The molecule has 96 valence electrons. The van der Waals surface area contributed by atoms with Crippen LogP contribution in [0.15, 0.2) is 16.7 Å². The second-order valence-electron chi connectivity index (χ2n) is 4.25. The van der Waals surface area contributed by atoms with E-state index in [1.807, 2.05) is 6.07 Å². The van der Waals surface area contributed by atoms with Crippen LogP contribution in [0.5, 0.6) is 0 Å². The Hall–Kier alpha value is -0.320. The van der Waals surface area contributed by atoms with Crippen molar-refractivity contribution >= 4 is 33.3 Å². The summed E-state index contributed by atoms with van der Waals surface area (Å²) in [5.74, 6) is 0.814. The van der Waals surface area contributed by atoms with Gasteiger partial charge in [0.25, 0.3) is 0 Å². The number of hydrogen-bond acceptors (Lipinski definition) is 3. The van der Waals surface area contributed by atoms with E-state index in [1.165, 1.54) is 0 Å². The minimum Gasteiger partial charge on any atom is -0.369 e. The van der Waals surface area contributed by atoms with Crippen LogP contribution in [-0.2, 0) is 0 Å². The lowest BCUT2D eigenvalue weighted by atomic mass is 9.82. The highest BCUT2D eigenvalue weighted by molar-refractivity contribution is 9.10. The smallest absolute Gasteiger partial charge is 0.140 e. The number of halogens is 2. The van der Waals surface area contributed by atoms with Crippen LogP contribution in [0.25, 0.3) is 0 Å². The molecule has 0 saturated heterocycles. The maximum absolute atomic E-state index is 5.86. The van der Waals surface area contributed by atoms with Crippen molar-refractivity contribution in [2.24, 2.45) is 11.1 Å². The molecule has 0 aliphatic heterocycles. The van der Waals surface area contributed by atoms with Gasteiger partial charge >= 0.3 is 0 Å². The summed E-state index contributed by atoms with van der Waals surface area (Å²) >= 11 is 9.29. The molecule has 3 nitrogen and oxygen atoms in total. The normalized spacial score (nSPS) is 11.6. The lowest BCUT2D eigenvalue weighted by molar-refractivity contribution is 0.294. The molecule has 1 rings (SSSR count). The third-order valence-corrected chi connectivity index (χ3v) is 4.18. The molecule has 0 fully saturated rings. The van der Waals surface area contributed by atoms with Crippen molar-refractivity contribution in [2.75, 3.05) is 18.4 Å². The first-order chi connectivity index (χ1) is 8.06. The fourth-order valence-electron chi connectivity index (χ4n) is 1.68. The standard InChI is InChI=1S/C12H19BrClN3/c1-3-12(4-2,7-15)8-17-11-10(13)5-9(14)6-16-11/h5-6H,3-4,7-8,15H2,1-2H3,(H,16,17). The summed E-state index contributed by atoms with van der Waals surface area (Å²) in [5.41, 5.74) is 6.00. The highest BCUT2D eigenvalue weighted by Crippen LogP contribution is 2.28. The topological polar surface area (TPSA) is 50.9 Å². The van der Waals surface area contributed by atoms with Crippen LogP contribution in [0.4, 0.5) is 5.82 Å². The third kappa shape index (κ3) is 3.83. The van der Waals surface area contributed by atoms with E-state index in [0.29, 0.717) is 11.6 Å². The number of nitrogens with one attached hydrogen (secondary N) is 1. The Labute approximate surface area is 116 Å². The number of nitrogens with two attached hydrogens (primary N) is 1. The minimum absolute atomic E-state index is 0.140. The van der Waals surface area contributed by atoms with E-state index in [4.69, 9.17) is 17.3 Å². The van der Waals surface area contributed by atoms with Crippen LogP contribution >= 0.6 is 27.5 Å². The van der Waals surface area contributed by atoms with Crippen molar-refractivity contribution in [2.45, 2.75) is 26.7 Å². The quantitative estimate of drug-likeness (QED) is 0.840. The molecule has 0 aliphatic rings. The van der Waals surface area contributed by atoms with Crippen molar-refractivity contribution in [1.82, 2.24) is 4.98 Å². The monoisotopic (exact) mass is 319 g/mol. The largest absolute Gasteiger partial charge is 0.369 e. The zero-order valence-electron chi connectivity index (χ0n) is 10.3. The number of rotatable bonds is 6. The molecule has 0 atom stereocenters. The average molecular weight is 321 g/mol. The highest BCUT2D eigenvalue weighted by atomic mass is 79.9. The lowest BCUT2D eigenvalue weighted by Gasteiger charge is -2.30. The summed E-state index contributed by atoms with van der Waals surface area (Å²) in [4.78, 5) is 4.25. The molecular formula is C12H19BrClN3. The molecule has 3 N–H and O–H groups in total. The van der Waals surface area contributed by atoms with Gasteiger partial charge in [0.15, 0.2) is 0 Å². The Balaban J connectivity index is 2.72. The highest BCUT2D eigenvalue weighted by Gasteiger charge is 2.24. The fraction of sp³-hybridized carbons (Fsp3) is 0.583. The summed E-state index contributed by atoms with van der Waals surface area (Å²) in [6.45, 7) is 5.84. The Morgan fingerprint density at radius 1 is 1.47 bits per heavy atom. The van der Waals surface area contributed by atoms with Crippen LogP contribution in [-0.4, -0.2) is 18.1 Å². The van der Waals surface area contributed by atoms with Crippen molar-refractivity contribution in [1.29, 1.82) is 0 Å². The maximum atomic E-state index is 5.86. The Morgan fingerprint density at radius 3 is 2.59 bits per heavy atom. The van der Waals surface area contributed by atoms with Crippen LogP contribution in [0, 0.1) is 5.41 Å². The van der Waals surface area contributed by atoms with Gasteiger partial charge in [0, 0.05) is 12.7 Å². The van der Waals surface area contributed by atoms with E-state index in [2.05, 4.69) is 40.1 Å². The average Bonchev–Trinajstić information content (AvgIpc) is 2.33. The van der Waals surface area contributed by atoms with Gasteiger partial charge in [-0.15, -0.1) is 0 Å². The molecule has 0 amide bonds. The van der Waals surface area contributed by atoms with Crippen molar-refractivity contribution in [3.05, 3.63) is 21.8 Å². The van der Waals surface area contributed by atoms with Crippen LogP contribution in [0.1, 0.15) is 26.7 Å². The van der Waals surface area contributed by atoms with Crippen LogP contribution in [0.3, 0.4) is 0 Å². The molecule has 0 unspecified atom stereocenters. The molecule has 0 bridgehead atoms. The molecule has 1 aromatic rings. The summed E-state index contributed by atoms with van der Waals surface area (Å²) in [6.07, 6.45) is 3.74. The van der Waals surface area contributed by atoms with E-state index >= 15 is 0 Å². The van der Waals surface area contributed by atoms with Crippen molar-refractivity contribution < 1.29 is 0 Å². The summed E-state index contributed by atoms with van der Waals surface area (Å²) in [7, 11) is 0. The summed E-state index contributed by atoms with van der Waals surface area (Å²) in [5, 5.41) is 3.96. The molecule has 1 heterocycles. The SMILES string of the molecule is CCC(CC)(CN)CNc1ncc(Cl)cc1Br. The first-order valence-corrected chi connectivity index (χ1v) is 6.99. The summed E-state index contributed by atoms with van der Waals surface area (Å²) < 4.78 is 0.878. The van der Waals surface area contributed by atoms with E-state index in [9.17, 15) is 0 Å². The van der Waals surface area contributed by atoms with Gasteiger partial charge in [-0.3, -0.25) is 0 Å². The van der Waals surface area contributed by atoms with Gasteiger partial charge in [-0.25, -0.2) is 4.98 Å². The number of hydrogen-bond donors (Lipinski definition) is 2. The van der Waals surface area contributed by atoms with Gasteiger partial charge in [-0.05, 0) is 46.8 Å². The Morgan fingerprint density at radius 2 is 2.12 bits per heavy atom. The number of nitrogens with zero attached hydrogens (tertiary/aromatic N) is 1. The zero-order chi connectivity index (χ0) is 12.9. The van der Waals surface area contributed by atoms with Crippen molar-refractivity contribution in [3.8, 4) is 0 Å². The second-order valence-corrected chi connectivity index (χ2v) is 5.54. The van der Waals surface area contributed by atoms with E-state index in [0.717, 1.165) is 29.7 Å². The second kappa shape index (κ2) is 6.57. The van der Waals surface area contributed by atoms with Gasteiger partial charge < -0.3 is 11.1 Å². The van der Waals surface area contributed by atoms with Gasteiger partial charge in [0.05, 0.1) is 9.50 Å². The predicted octanol–water partition coefficient (Wildman–Crippen LogP) is 3.67. The first kappa shape index (κ1) is 14.7. The fourth-order valence-corrected chi connectivity index (χ4v) is 2.46.